The maximum atomic E-state index is 4.40. The second-order valence-corrected chi connectivity index (χ2v) is 7.14. The maximum Gasteiger partial charge on any atom is 0.0951 e. The van der Waals surface area contributed by atoms with Crippen molar-refractivity contribution in [3.63, 3.8) is 0 Å². The van der Waals surface area contributed by atoms with Gasteiger partial charge in [-0.15, -0.1) is 0 Å². The number of piperazine rings is 1. The van der Waals surface area contributed by atoms with Crippen LogP contribution in [0, 0.1) is 0 Å². The molecule has 1 aliphatic heterocycles. The van der Waals surface area contributed by atoms with Crippen LogP contribution in [0.2, 0.25) is 0 Å². The van der Waals surface area contributed by atoms with Crippen LogP contribution in [0.25, 0.3) is 0 Å². The fourth-order valence-corrected chi connectivity index (χ4v) is 3.74. The monoisotopic (exact) mass is 346 g/mol. The Bertz CT molecular complexity index is 812. The largest absolute Gasteiger partial charge is 0.329 e. The molecule has 26 heavy (non-hydrogen) atoms. The van der Waals surface area contributed by atoms with Crippen molar-refractivity contribution in [3.8, 4) is 0 Å². The van der Waals surface area contributed by atoms with Crippen molar-refractivity contribution in [2.24, 2.45) is 0 Å². The van der Waals surface area contributed by atoms with Crippen molar-refractivity contribution >= 4 is 0 Å². The minimum absolute atomic E-state index is 0.454. The first-order chi connectivity index (χ1) is 12.8. The standard InChI is InChI=1S/C22H26N4/c1-24-12-13-25(17-22(24)20-10-6-3-7-11-20)16-21-14-23-18-26(21)15-19-8-4-2-5-9-19/h2-11,14,18,22H,12-13,15-17H2,1H3/t22-/m1/s1. The van der Waals surface area contributed by atoms with E-state index in [1.807, 2.05) is 12.5 Å². The molecule has 1 atom stereocenters. The molecule has 0 unspecified atom stereocenters. The predicted octanol–water partition coefficient (Wildman–Crippen LogP) is 3.42. The molecular formula is C22H26N4. The summed E-state index contributed by atoms with van der Waals surface area (Å²) in [5.41, 5.74) is 4.00. The van der Waals surface area contributed by atoms with E-state index < -0.39 is 0 Å². The van der Waals surface area contributed by atoms with E-state index in [0.717, 1.165) is 32.7 Å². The molecule has 1 fully saturated rings. The van der Waals surface area contributed by atoms with Gasteiger partial charge in [0.05, 0.1) is 12.0 Å². The Morgan fingerprint density at radius 1 is 0.923 bits per heavy atom. The van der Waals surface area contributed by atoms with Crippen molar-refractivity contribution in [1.29, 1.82) is 0 Å². The summed E-state index contributed by atoms with van der Waals surface area (Å²) in [6.45, 7) is 5.07. The van der Waals surface area contributed by atoms with Gasteiger partial charge in [0.15, 0.2) is 0 Å². The number of imidazole rings is 1. The third-order valence-electron chi connectivity index (χ3n) is 5.30. The first-order valence-electron chi connectivity index (χ1n) is 9.30. The Morgan fingerprint density at radius 2 is 1.65 bits per heavy atom. The van der Waals surface area contributed by atoms with E-state index >= 15 is 0 Å². The van der Waals surface area contributed by atoms with Crippen LogP contribution in [-0.4, -0.2) is 46.0 Å². The fourth-order valence-electron chi connectivity index (χ4n) is 3.74. The number of rotatable bonds is 5. The van der Waals surface area contributed by atoms with E-state index in [0.29, 0.717) is 6.04 Å². The van der Waals surface area contributed by atoms with Gasteiger partial charge in [0.1, 0.15) is 0 Å². The van der Waals surface area contributed by atoms with Crippen LogP contribution < -0.4 is 0 Å². The maximum absolute atomic E-state index is 4.40. The van der Waals surface area contributed by atoms with E-state index in [1.54, 1.807) is 0 Å². The van der Waals surface area contributed by atoms with Gasteiger partial charge in [0.2, 0.25) is 0 Å². The van der Waals surface area contributed by atoms with Crippen molar-refractivity contribution in [3.05, 3.63) is 90.0 Å². The van der Waals surface area contributed by atoms with Gasteiger partial charge in [-0.05, 0) is 18.2 Å². The number of hydrogen-bond acceptors (Lipinski definition) is 3. The summed E-state index contributed by atoms with van der Waals surface area (Å²) in [7, 11) is 2.23. The summed E-state index contributed by atoms with van der Waals surface area (Å²) in [4.78, 5) is 9.42. The van der Waals surface area contributed by atoms with Crippen molar-refractivity contribution in [2.75, 3.05) is 26.7 Å². The van der Waals surface area contributed by atoms with Crippen LogP contribution >= 0.6 is 0 Å². The lowest BCUT2D eigenvalue weighted by Gasteiger charge is -2.39. The molecule has 134 valence electrons. The third-order valence-corrected chi connectivity index (χ3v) is 5.30. The average molecular weight is 346 g/mol. The molecule has 1 saturated heterocycles. The van der Waals surface area contributed by atoms with Gasteiger partial charge < -0.3 is 4.57 Å². The Morgan fingerprint density at radius 3 is 2.42 bits per heavy atom. The summed E-state index contributed by atoms with van der Waals surface area (Å²) in [6.07, 6.45) is 3.96. The molecule has 2 aromatic carbocycles. The molecule has 0 amide bonds. The zero-order valence-electron chi connectivity index (χ0n) is 15.3. The van der Waals surface area contributed by atoms with Gasteiger partial charge in [-0.3, -0.25) is 9.80 Å². The van der Waals surface area contributed by atoms with E-state index in [-0.39, 0.29) is 0 Å². The molecule has 4 heteroatoms. The Labute approximate surface area is 155 Å². The Balaban J connectivity index is 1.45. The third kappa shape index (κ3) is 3.87. The quantitative estimate of drug-likeness (QED) is 0.707. The highest BCUT2D eigenvalue weighted by molar-refractivity contribution is 5.20. The minimum Gasteiger partial charge on any atom is -0.329 e. The lowest BCUT2D eigenvalue weighted by Crippen LogP contribution is -2.46. The van der Waals surface area contributed by atoms with Gasteiger partial charge in [-0.2, -0.15) is 0 Å². The van der Waals surface area contributed by atoms with Crippen molar-refractivity contribution in [2.45, 2.75) is 19.1 Å². The Kier molecular flexibility index (Phi) is 5.14. The minimum atomic E-state index is 0.454. The van der Waals surface area contributed by atoms with Crippen molar-refractivity contribution < 1.29 is 0 Å². The van der Waals surface area contributed by atoms with Gasteiger partial charge in [0, 0.05) is 45.0 Å². The molecule has 2 heterocycles. The van der Waals surface area contributed by atoms with Crippen LogP contribution in [0.1, 0.15) is 22.9 Å². The molecule has 0 aliphatic carbocycles. The fraction of sp³-hybridized carbons (Fsp3) is 0.318. The number of benzene rings is 2. The number of likely N-dealkylation sites (N-methyl/N-ethyl adjacent to an activating group) is 1. The van der Waals surface area contributed by atoms with E-state index in [9.17, 15) is 0 Å². The molecule has 0 spiro atoms. The zero-order chi connectivity index (χ0) is 17.8. The summed E-state index contributed by atoms with van der Waals surface area (Å²) in [6, 6.07) is 21.9. The first kappa shape index (κ1) is 17.0. The summed E-state index contributed by atoms with van der Waals surface area (Å²) in [5.74, 6) is 0. The first-order valence-corrected chi connectivity index (χ1v) is 9.30. The summed E-state index contributed by atoms with van der Waals surface area (Å²) in [5, 5.41) is 0. The van der Waals surface area contributed by atoms with E-state index in [4.69, 9.17) is 0 Å². The van der Waals surface area contributed by atoms with Gasteiger partial charge >= 0.3 is 0 Å². The Hall–Kier alpha value is -2.43. The molecular weight excluding hydrogens is 320 g/mol. The molecule has 1 aromatic heterocycles. The van der Waals surface area contributed by atoms with Crippen molar-refractivity contribution in [1.82, 2.24) is 19.4 Å². The number of aromatic nitrogens is 2. The highest BCUT2D eigenvalue weighted by Gasteiger charge is 2.26. The molecule has 0 radical (unpaired) electrons. The summed E-state index contributed by atoms with van der Waals surface area (Å²) >= 11 is 0. The van der Waals surface area contributed by atoms with Gasteiger partial charge in [-0.1, -0.05) is 60.7 Å². The molecule has 0 bridgehead atoms. The molecule has 4 nitrogen and oxygen atoms in total. The highest BCUT2D eigenvalue weighted by Crippen LogP contribution is 2.24. The molecule has 0 saturated carbocycles. The summed E-state index contributed by atoms with van der Waals surface area (Å²) < 4.78 is 2.27. The smallest absolute Gasteiger partial charge is 0.0951 e. The normalized spacial score (nSPS) is 18.9. The second-order valence-electron chi connectivity index (χ2n) is 7.14. The predicted molar refractivity (Wildman–Crippen MR) is 105 cm³/mol. The second kappa shape index (κ2) is 7.85. The van der Waals surface area contributed by atoms with Gasteiger partial charge in [-0.25, -0.2) is 4.98 Å². The molecule has 3 aromatic rings. The topological polar surface area (TPSA) is 24.3 Å². The molecule has 0 N–H and O–H groups in total. The lowest BCUT2D eigenvalue weighted by molar-refractivity contribution is 0.0889. The SMILES string of the molecule is CN1CCN(Cc2cncn2Cc2ccccc2)C[C@@H]1c1ccccc1. The van der Waals surface area contributed by atoms with Gasteiger partial charge in [0.25, 0.3) is 0 Å². The lowest BCUT2D eigenvalue weighted by atomic mass is 10.0. The van der Waals surface area contributed by atoms with Crippen LogP contribution in [0.3, 0.4) is 0 Å². The number of hydrogen-bond donors (Lipinski definition) is 0. The highest BCUT2D eigenvalue weighted by atomic mass is 15.3. The average Bonchev–Trinajstić information content (AvgIpc) is 3.11. The van der Waals surface area contributed by atoms with Crippen LogP contribution in [0.15, 0.2) is 73.2 Å². The van der Waals surface area contributed by atoms with E-state index in [2.05, 4.69) is 87.1 Å². The van der Waals surface area contributed by atoms with Crippen LogP contribution in [-0.2, 0) is 13.1 Å². The van der Waals surface area contributed by atoms with Crippen LogP contribution in [0.5, 0.6) is 0 Å². The van der Waals surface area contributed by atoms with E-state index in [1.165, 1.54) is 16.8 Å². The molecule has 1 aliphatic rings. The number of nitrogens with zero attached hydrogens (tertiary/aromatic N) is 4. The van der Waals surface area contributed by atoms with Crippen LogP contribution in [0.4, 0.5) is 0 Å². The molecule has 4 rings (SSSR count). The zero-order valence-corrected chi connectivity index (χ0v) is 15.3.